The van der Waals surface area contributed by atoms with Gasteiger partial charge in [0.1, 0.15) is 0 Å². The Hall–Kier alpha value is -3.19. The van der Waals surface area contributed by atoms with Gasteiger partial charge in [0.2, 0.25) is 5.78 Å². The molecule has 0 aliphatic heterocycles. The lowest BCUT2D eigenvalue weighted by Gasteiger charge is -2.11. The van der Waals surface area contributed by atoms with Crippen molar-refractivity contribution in [2.75, 3.05) is 4.72 Å². The molecule has 0 unspecified atom stereocenters. The minimum atomic E-state index is -3.65. The van der Waals surface area contributed by atoms with E-state index in [1.165, 1.54) is 0 Å². The van der Waals surface area contributed by atoms with E-state index < -0.39 is 10.0 Å². The zero-order chi connectivity index (χ0) is 18.1. The van der Waals surface area contributed by atoms with Crippen molar-refractivity contribution in [3.63, 3.8) is 0 Å². The number of fused-ring (bicyclic) bond motifs is 1. The molecule has 130 valence electrons. The van der Waals surface area contributed by atoms with E-state index in [1.54, 1.807) is 42.6 Å². The second-order valence-corrected chi connectivity index (χ2v) is 7.58. The number of hydrogen-bond acceptors (Lipinski definition) is 4. The van der Waals surface area contributed by atoms with E-state index in [0.717, 1.165) is 16.8 Å². The van der Waals surface area contributed by atoms with E-state index in [1.807, 2.05) is 41.9 Å². The standard InChI is InChI=1S/C19H16N4O2S/c1-14-8-9-15(18-13-23-11-5-10-20-19(23)21-18)12-17(14)22-26(24,25)16-6-3-2-4-7-16/h2-13,22H,1H3. The monoisotopic (exact) mass is 364 g/mol. The van der Waals surface area contributed by atoms with Crippen molar-refractivity contribution >= 4 is 21.5 Å². The van der Waals surface area contributed by atoms with E-state index in [0.29, 0.717) is 11.5 Å². The lowest BCUT2D eigenvalue weighted by molar-refractivity contribution is 0.601. The molecule has 0 aliphatic rings. The van der Waals surface area contributed by atoms with Crippen LogP contribution in [-0.2, 0) is 10.0 Å². The number of aryl methyl sites for hydroxylation is 1. The van der Waals surface area contributed by atoms with Crippen LogP contribution in [0.5, 0.6) is 0 Å². The van der Waals surface area contributed by atoms with Crippen LogP contribution in [0.2, 0.25) is 0 Å². The molecular formula is C19H16N4O2S. The van der Waals surface area contributed by atoms with Crippen molar-refractivity contribution in [1.29, 1.82) is 0 Å². The van der Waals surface area contributed by atoms with Crippen molar-refractivity contribution in [2.45, 2.75) is 11.8 Å². The van der Waals surface area contributed by atoms with Crippen LogP contribution in [0.4, 0.5) is 5.69 Å². The third-order valence-electron chi connectivity index (χ3n) is 4.07. The number of aromatic nitrogens is 3. The average molecular weight is 364 g/mol. The Morgan fingerprint density at radius 3 is 2.62 bits per heavy atom. The van der Waals surface area contributed by atoms with Gasteiger partial charge >= 0.3 is 0 Å². The summed E-state index contributed by atoms with van der Waals surface area (Å²) in [4.78, 5) is 8.91. The van der Waals surface area contributed by atoms with Gasteiger partial charge in [0.05, 0.1) is 16.3 Å². The number of hydrogen-bond donors (Lipinski definition) is 1. The SMILES string of the molecule is Cc1ccc(-c2cn3cccnc3n2)cc1NS(=O)(=O)c1ccccc1. The number of sulfonamides is 1. The fourth-order valence-electron chi connectivity index (χ4n) is 2.66. The quantitative estimate of drug-likeness (QED) is 0.601. The van der Waals surface area contributed by atoms with Gasteiger partial charge in [-0.15, -0.1) is 0 Å². The maximum atomic E-state index is 12.6. The topological polar surface area (TPSA) is 76.4 Å². The molecule has 0 bridgehead atoms. The minimum absolute atomic E-state index is 0.224. The summed E-state index contributed by atoms with van der Waals surface area (Å²) in [6.45, 7) is 1.86. The molecule has 0 radical (unpaired) electrons. The first-order valence-corrected chi connectivity index (χ1v) is 9.50. The predicted octanol–water partition coefficient (Wildman–Crippen LogP) is 3.51. The molecule has 2 aromatic carbocycles. The van der Waals surface area contributed by atoms with E-state index in [9.17, 15) is 8.42 Å². The van der Waals surface area contributed by atoms with Crippen LogP contribution in [0.25, 0.3) is 17.0 Å². The fourth-order valence-corrected chi connectivity index (χ4v) is 3.81. The largest absolute Gasteiger partial charge is 0.291 e. The maximum Gasteiger partial charge on any atom is 0.261 e. The number of anilines is 1. The summed E-state index contributed by atoms with van der Waals surface area (Å²) in [5, 5.41) is 0. The first-order chi connectivity index (χ1) is 12.5. The molecule has 0 saturated carbocycles. The van der Waals surface area contributed by atoms with E-state index in [2.05, 4.69) is 14.7 Å². The average Bonchev–Trinajstić information content (AvgIpc) is 3.08. The molecule has 6 nitrogen and oxygen atoms in total. The fraction of sp³-hybridized carbons (Fsp3) is 0.0526. The molecule has 2 aromatic heterocycles. The molecule has 0 spiro atoms. The number of benzene rings is 2. The molecular weight excluding hydrogens is 348 g/mol. The van der Waals surface area contributed by atoms with Crippen LogP contribution in [0, 0.1) is 6.92 Å². The Bertz CT molecular complexity index is 1150. The maximum absolute atomic E-state index is 12.6. The van der Waals surface area contributed by atoms with Gasteiger partial charge in [-0.2, -0.15) is 0 Å². The van der Waals surface area contributed by atoms with Crippen molar-refractivity contribution in [2.24, 2.45) is 0 Å². The van der Waals surface area contributed by atoms with Crippen LogP contribution in [0.15, 0.2) is 78.1 Å². The van der Waals surface area contributed by atoms with Gasteiger partial charge in [-0.1, -0.05) is 30.3 Å². The Morgan fingerprint density at radius 1 is 1.04 bits per heavy atom. The first-order valence-electron chi connectivity index (χ1n) is 8.01. The number of nitrogens with zero attached hydrogens (tertiary/aromatic N) is 3. The van der Waals surface area contributed by atoms with Crippen LogP contribution >= 0.6 is 0 Å². The van der Waals surface area contributed by atoms with Gasteiger partial charge in [0, 0.05) is 24.2 Å². The highest BCUT2D eigenvalue weighted by molar-refractivity contribution is 7.92. The summed E-state index contributed by atoms with van der Waals surface area (Å²) in [5.41, 5.74) is 2.89. The summed E-state index contributed by atoms with van der Waals surface area (Å²) in [6.07, 6.45) is 5.41. The molecule has 7 heteroatoms. The highest BCUT2D eigenvalue weighted by Gasteiger charge is 2.16. The van der Waals surface area contributed by atoms with Gasteiger partial charge in [-0.3, -0.25) is 9.12 Å². The van der Waals surface area contributed by atoms with E-state index >= 15 is 0 Å². The smallest absolute Gasteiger partial charge is 0.261 e. The lowest BCUT2D eigenvalue weighted by Crippen LogP contribution is -2.13. The lowest BCUT2D eigenvalue weighted by atomic mass is 10.1. The third-order valence-corrected chi connectivity index (χ3v) is 5.45. The second kappa shape index (κ2) is 6.27. The summed E-state index contributed by atoms with van der Waals surface area (Å²) in [6, 6.07) is 15.7. The molecule has 0 atom stereocenters. The normalized spacial score (nSPS) is 11.6. The first kappa shape index (κ1) is 16.3. The molecule has 0 fully saturated rings. The third kappa shape index (κ3) is 3.04. The molecule has 2 heterocycles. The Labute approximate surface area is 151 Å². The van der Waals surface area contributed by atoms with Gasteiger partial charge in [0.25, 0.3) is 10.0 Å². The van der Waals surface area contributed by atoms with Crippen LogP contribution < -0.4 is 4.72 Å². The summed E-state index contributed by atoms with van der Waals surface area (Å²) >= 11 is 0. The molecule has 0 saturated heterocycles. The van der Waals surface area contributed by atoms with Gasteiger partial charge < -0.3 is 0 Å². The summed E-state index contributed by atoms with van der Waals surface area (Å²) < 4.78 is 29.7. The predicted molar refractivity (Wildman–Crippen MR) is 100 cm³/mol. The summed E-state index contributed by atoms with van der Waals surface area (Å²) in [5.74, 6) is 0.592. The van der Waals surface area contributed by atoms with Crippen molar-refractivity contribution < 1.29 is 8.42 Å². The zero-order valence-corrected chi connectivity index (χ0v) is 14.8. The van der Waals surface area contributed by atoms with Crippen molar-refractivity contribution in [3.05, 3.63) is 78.8 Å². The Kier molecular flexibility index (Phi) is 3.93. The molecule has 4 rings (SSSR count). The van der Waals surface area contributed by atoms with Crippen LogP contribution in [-0.4, -0.2) is 22.8 Å². The zero-order valence-electron chi connectivity index (χ0n) is 14.0. The Morgan fingerprint density at radius 2 is 1.85 bits per heavy atom. The highest BCUT2D eigenvalue weighted by atomic mass is 32.2. The minimum Gasteiger partial charge on any atom is -0.291 e. The Balaban J connectivity index is 1.73. The van der Waals surface area contributed by atoms with Crippen LogP contribution in [0.3, 0.4) is 0 Å². The van der Waals surface area contributed by atoms with Gasteiger partial charge in [-0.25, -0.2) is 18.4 Å². The van der Waals surface area contributed by atoms with Crippen molar-refractivity contribution in [1.82, 2.24) is 14.4 Å². The van der Waals surface area contributed by atoms with Crippen molar-refractivity contribution in [3.8, 4) is 11.3 Å². The molecule has 0 amide bonds. The van der Waals surface area contributed by atoms with Gasteiger partial charge in [-0.05, 0) is 36.8 Å². The van der Waals surface area contributed by atoms with E-state index in [4.69, 9.17) is 0 Å². The molecule has 1 N–H and O–H groups in total. The van der Waals surface area contributed by atoms with Crippen LogP contribution in [0.1, 0.15) is 5.56 Å². The molecule has 4 aromatic rings. The second-order valence-electron chi connectivity index (χ2n) is 5.90. The van der Waals surface area contributed by atoms with E-state index in [-0.39, 0.29) is 4.90 Å². The number of nitrogens with one attached hydrogen (secondary N) is 1. The number of rotatable bonds is 4. The number of imidazole rings is 1. The molecule has 0 aliphatic carbocycles. The highest BCUT2D eigenvalue weighted by Crippen LogP contribution is 2.26. The van der Waals surface area contributed by atoms with Gasteiger partial charge in [0.15, 0.2) is 0 Å². The molecule has 26 heavy (non-hydrogen) atoms. The summed E-state index contributed by atoms with van der Waals surface area (Å²) in [7, 11) is -3.65.